The van der Waals surface area contributed by atoms with Gasteiger partial charge in [-0.05, 0) is 59.6 Å². The van der Waals surface area contributed by atoms with E-state index in [1.54, 1.807) is 49.6 Å². The molecule has 0 spiro atoms. The lowest BCUT2D eigenvalue weighted by Crippen LogP contribution is -2.36. The Kier molecular flexibility index (Phi) is 6.66. The van der Waals surface area contributed by atoms with E-state index < -0.39 is 11.2 Å². The third-order valence-corrected chi connectivity index (χ3v) is 6.14. The molecule has 9 heteroatoms. The quantitative estimate of drug-likeness (QED) is 0.453. The third kappa shape index (κ3) is 4.65. The number of nitrogens with zero attached hydrogens (tertiary/aromatic N) is 2. The summed E-state index contributed by atoms with van der Waals surface area (Å²) in [4.78, 5) is 12.8. The number of carbonyl (C=O) groups is 1. The number of benzene rings is 2. The van der Waals surface area contributed by atoms with Crippen LogP contribution in [0.3, 0.4) is 0 Å². The average molecular weight is 434 g/mol. The molecule has 1 N–H and O–H groups in total. The van der Waals surface area contributed by atoms with E-state index in [2.05, 4.69) is 10.6 Å². The maximum Gasteiger partial charge on any atom is 0.298 e. The zero-order valence-corrected chi connectivity index (χ0v) is 17.7. The predicted octanol–water partition coefficient (Wildman–Crippen LogP) is 3.50. The number of anilines is 1. The molecule has 3 rings (SSSR count). The van der Waals surface area contributed by atoms with Gasteiger partial charge in [0.2, 0.25) is 11.6 Å². The SMILES string of the molecule is CCC(Sc1c([O-])on[n+]1-c1ccc(OC)cc1)C(=O)Nc1cccc(Cl)c1C. The molecule has 1 amide bonds. The van der Waals surface area contributed by atoms with Gasteiger partial charge in [-0.15, -0.1) is 0 Å². The van der Waals surface area contributed by atoms with Crippen molar-refractivity contribution in [1.82, 2.24) is 5.27 Å². The molecule has 1 unspecified atom stereocenters. The number of amides is 1. The summed E-state index contributed by atoms with van der Waals surface area (Å²) in [6.45, 7) is 3.71. The molecule has 3 aromatic rings. The number of nitrogens with one attached hydrogen (secondary N) is 1. The molecular weight excluding hydrogens is 414 g/mol. The number of halogens is 1. The van der Waals surface area contributed by atoms with Crippen molar-refractivity contribution in [2.45, 2.75) is 30.5 Å². The second kappa shape index (κ2) is 9.19. The van der Waals surface area contributed by atoms with Crippen LogP contribution < -0.4 is 19.8 Å². The van der Waals surface area contributed by atoms with E-state index in [9.17, 15) is 9.90 Å². The molecule has 0 aliphatic rings. The number of thioether (sulfide) groups is 1. The van der Waals surface area contributed by atoms with Crippen molar-refractivity contribution in [2.24, 2.45) is 0 Å². The number of ether oxygens (including phenoxy) is 1. The molecule has 7 nitrogen and oxygen atoms in total. The van der Waals surface area contributed by atoms with E-state index >= 15 is 0 Å². The smallest absolute Gasteiger partial charge is 0.298 e. The predicted molar refractivity (Wildman–Crippen MR) is 109 cm³/mol. The van der Waals surface area contributed by atoms with Crippen LogP contribution in [0.2, 0.25) is 5.02 Å². The average Bonchev–Trinajstić information content (AvgIpc) is 3.09. The summed E-state index contributed by atoms with van der Waals surface area (Å²) in [5.41, 5.74) is 2.04. The summed E-state index contributed by atoms with van der Waals surface area (Å²) >= 11 is 7.23. The highest BCUT2D eigenvalue weighted by Gasteiger charge is 2.28. The van der Waals surface area contributed by atoms with Gasteiger partial charge in [0, 0.05) is 22.8 Å². The first-order valence-electron chi connectivity index (χ1n) is 8.90. The van der Waals surface area contributed by atoms with Gasteiger partial charge in [0.05, 0.1) is 17.6 Å². The lowest BCUT2D eigenvalue weighted by Gasteiger charge is -2.15. The molecule has 0 saturated heterocycles. The Bertz CT molecular complexity index is 1010. The zero-order valence-electron chi connectivity index (χ0n) is 16.1. The van der Waals surface area contributed by atoms with Crippen molar-refractivity contribution < 1.29 is 23.8 Å². The Morgan fingerprint density at radius 3 is 2.72 bits per heavy atom. The third-order valence-electron chi connectivity index (χ3n) is 4.33. The summed E-state index contributed by atoms with van der Waals surface area (Å²) in [5, 5.41) is 19.2. The maximum absolute atomic E-state index is 12.8. The Hall–Kier alpha value is -2.71. The van der Waals surface area contributed by atoms with Crippen LogP contribution in [0.4, 0.5) is 5.69 Å². The van der Waals surface area contributed by atoms with Crippen molar-refractivity contribution in [2.75, 3.05) is 12.4 Å². The van der Waals surface area contributed by atoms with Crippen LogP contribution >= 0.6 is 23.4 Å². The number of hydrogen-bond donors (Lipinski definition) is 1. The van der Waals surface area contributed by atoms with Gasteiger partial charge < -0.3 is 19.7 Å². The van der Waals surface area contributed by atoms with Crippen LogP contribution in [-0.2, 0) is 4.79 Å². The molecule has 0 fully saturated rings. The lowest BCUT2D eigenvalue weighted by molar-refractivity contribution is -0.705. The Labute approximate surface area is 177 Å². The molecular formula is C20H20ClN3O4S. The van der Waals surface area contributed by atoms with Gasteiger partial charge in [0.15, 0.2) is 5.95 Å². The Balaban J connectivity index is 1.82. The minimum atomic E-state index is -0.601. The highest BCUT2D eigenvalue weighted by Crippen LogP contribution is 2.31. The fraction of sp³-hybridized carbons (Fsp3) is 0.250. The van der Waals surface area contributed by atoms with E-state index in [4.69, 9.17) is 20.9 Å². The van der Waals surface area contributed by atoms with Crippen LogP contribution in [-0.4, -0.2) is 23.5 Å². The number of rotatable bonds is 7. The molecule has 1 atom stereocenters. The first kappa shape index (κ1) is 21.0. The van der Waals surface area contributed by atoms with Crippen molar-refractivity contribution >= 4 is 35.0 Å². The zero-order chi connectivity index (χ0) is 21.0. The van der Waals surface area contributed by atoms with Crippen molar-refractivity contribution in [3.63, 3.8) is 0 Å². The summed E-state index contributed by atoms with van der Waals surface area (Å²) in [6.07, 6.45) is 0.503. The fourth-order valence-electron chi connectivity index (χ4n) is 2.64. The molecule has 0 radical (unpaired) electrons. The normalized spacial score (nSPS) is 11.9. The van der Waals surface area contributed by atoms with Crippen molar-refractivity contribution in [3.05, 3.63) is 53.1 Å². The van der Waals surface area contributed by atoms with Gasteiger partial charge in [-0.25, -0.2) is 0 Å². The van der Waals surface area contributed by atoms with E-state index in [0.29, 0.717) is 28.6 Å². The molecule has 0 aliphatic carbocycles. The van der Waals surface area contributed by atoms with Crippen LogP contribution in [0.15, 0.2) is 52.0 Å². The van der Waals surface area contributed by atoms with E-state index in [-0.39, 0.29) is 10.9 Å². The van der Waals surface area contributed by atoms with Crippen molar-refractivity contribution in [1.29, 1.82) is 0 Å². The molecule has 2 aromatic carbocycles. The number of hydrogen-bond acceptors (Lipinski definition) is 6. The molecule has 0 bridgehead atoms. The summed E-state index contributed by atoms with van der Waals surface area (Å²) in [6, 6.07) is 12.3. The van der Waals surface area contributed by atoms with Gasteiger partial charge in [0.25, 0.3) is 5.03 Å². The van der Waals surface area contributed by atoms with Crippen LogP contribution in [0.5, 0.6) is 11.7 Å². The first-order valence-corrected chi connectivity index (χ1v) is 10.2. The summed E-state index contributed by atoms with van der Waals surface area (Å²) < 4.78 is 11.4. The Morgan fingerprint density at radius 1 is 1.34 bits per heavy atom. The van der Waals surface area contributed by atoms with Gasteiger partial charge in [-0.2, -0.15) is 0 Å². The van der Waals surface area contributed by atoms with E-state index in [0.717, 1.165) is 17.3 Å². The minimum Gasteiger partial charge on any atom is -0.538 e. The molecule has 0 saturated carbocycles. The molecule has 1 aromatic heterocycles. The first-order chi connectivity index (χ1) is 13.9. The second-order valence-electron chi connectivity index (χ2n) is 6.19. The fourth-order valence-corrected chi connectivity index (χ4v) is 3.79. The van der Waals surface area contributed by atoms with Crippen LogP contribution in [0, 0.1) is 6.92 Å². The topological polar surface area (TPSA) is 91.3 Å². The standard InChI is InChI=1S/C20H20ClN3O4S/c1-4-17(18(25)22-16-7-5-6-15(21)12(16)2)29-19-20(26)28-23-24(19)13-8-10-14(27-3)11-9-13/h5-11,17H,4H2,1-3H3,(H-,22,23,25,26). The highest BCUT2D eigenvalue weighted by molar-refractivity contribution is 8.00. The largest absolute Gasteiger partial charge is 0.538 e. The van der Waals surface area contributed by atoms with Crippen LogP contribution in [0.25, 0.3) is 5.69 Å². The second-order valence-corrected chi connectivity index (χ2v) is 7.79. The maximum atomic E-state index is 12.8. The minimum absolute atomic E-state index is 0.222. The van der Waals surface area contributed by atoms with Gasteiger partial charge in [-0.1, -0.05) is 24.6 Å². The van der Waals surface area contributed by atoms with Gasteiger partial charge in [-0.3, -0.25) is 4.79 Å². The molecule has 152 valence electrons. The van der Waals surface area contributed by atoms with E-state index in [1.807, 2.05) is 13.8 Å². The molecule has 0 aliphatic heterocycles. The monoisotopic (exact) mass is 433 g/mol. The molecule has 29 heavy (non-hydrogen) atoms. The molecule has 1 heterocycles. The number of aromatic nitrogens is 2. The number of methoxy groups -OCH3 is 1. The summed E-state index contributed by atoms with van der Waals surface area (Å²) in [7, 11) is 1.57. The lowest BCUT2D eigenvalue weighted by atomic mass is 10.2. The van der Waals surface area contributed by atoms with Gasteiger partial charge in [0.1, 0.15) is 5.75 Å². The van der Waals surface area contributed by atoms with E-state index in [1.165, 1.54) is 4.68 Å². The van der Waals surface area contributed by atoms with Gasteiger partial charge >= 0.3 is 0 Å². The summed E-state index contributed by atoms with van der Waals surface area (Å²) in [5.74, 6) is -0.155. The van der Waals surface area contributed by atoms with Crippen molar-refractivity contribution in [3.8, 4) is 17.4 Å². The Morgan fingerprint density at radius 2 is 2.07 bits per heavy atom. The highest BCUT2D eigenvalue weighted by atomic mass is 35.5. The number of carbonyl (C=O) groups excluding carboxylic acids is 1. The van der Waals surface area contributed by atoms with Crippen LogP contribution in [0.1, 0.15) is 18.9 Å².